The summed E-state index contributed by atoms with van der Waals surface area (Å²) in [6, 6.07) is 0.104. The lowest BCUT2D eigenvalue weighted by molar-refractivity contribution is -0.119. The first-order valence-corrected chi connectivity index (χ1v) is 6.60. The quantitative estimate of drug-likeness (QED) is 0.441. The molecule has 0 aromatic carbocycles. The Labute approximate surface area is 111 Å². The Morgan fingerprint density at radius 1 is 1.44 bits per heavy atom. The van der Waals surface area contributed by atoms with Gasteiger partial charge in [0, 0.05) is 19.8 Å². The highest BCUT2D eigenvalue weighted by atomic mass is 16.5. The Bertz CT molecular complexity index is 214. The third-order valence-electron chi connectivity index (χ3n) is 3.24. The Morgan fingerprint density at radius 3 is 2.56 bits per heavy atom. The Balaban J connectivity index is 4.66. The van der Waals surface area contributed by atoms with Crippen molar-refractivity contribution in [2.45, 2.75) is 39.0 Å². The number of aldehydes is 1. The summed E-state index contributed by atoms with van der Waals surface area (Å²) < 4.78 is 10.7. The molecule has 0 rings (SSSR count). The van der Waals surface area contributed by atoms with Crippen molar-refractivity contribution in [1.29, 1.82) is 0 Å². The summed E-state index contributed by atoms with van der Waals surface area (Å²) in [5.74, 6) is -0.144. The van der Waals surface area contributed by atoms with E-state index in [1.807, 2.05) is 20.9 Å². The first kappa shape index (κ1) is 17.5. The van der Waals surface area contributed by atoms with Crippen LogP contribution in [0.1, 0.15) is 26.7 Å². The second kappa shape index (κ2) is 10.4. The molecule has 18 heavy (non-hydrogen) atoms. The van der Waals surface area contributed by atoms with Gasteiger partial charge in [-0.2, -0.15) is 0 Å². The van der Waals surface area contributed by atoms with Crippen LogP contribution in [0, 0.1) is 5.92 Å². The topological polar surface area (TPSA) is 64.8 Å². The van der Waals surface area contributed by atoms with Gasteiger partial charge in [0.1, 0.15) is 12.5 Å². The number of carbonyl (C=O) groups excluding carboxylic acids is 1. The fourth-order valence-electron chi connectivity index (χ4n) is 2.11. The molecular formula is C13H28N2O3. The van der Waals surface area contributed by atoms with Crippen LogP contribution in [0.3, 0.4) is 0 Å². The average molecular weight is 260 g/mol. The monoisotopic (exact) mass is 260 g/mol. The van der Waals surface area contributed by atoms with E-state index < -0.39 is 0 Å². The number of hydrogen-bond donors (Lipinski definition) is 1. The minimum Gasteiger partial charge on any atom is -0.384 e. The highest BCUT2D eigenvalue weighted by Crippen LogP contribution is 2.17. The molecule has 0 radical (unpaired) electrons. The lowest BCUT2D eigenvalue weighted by Crippen LogP contribution is -2.46. The number of carbonyl (C=O) groups is 1. The molecule has 0 aliphatic rings. The number of nitrogens with two attached hydrogens (primary N) is 1. The van der Waals surface area contributed by atoms with Crippen molar-refractivity contribution in [3.8, 4) is 0 Å². The smallest absolute Gasteiger partial charge is 0.126 e. The van der Waals surface area contributed by atoms with Crippen LogP contribution in [0.15, 0.2) is 0 Å². The largest absolute Gasteiger partial charge is 0.384 e. The van der Waals surface area contributed by atoms with Crippen LogP contribution >= 0.6 is 0 Å². The molecule has 0 saturated heterocycles. The molecule has 0 bridgehead atoms. The van der Waals surface area contributed by atoms with Gasteiger partial charge in [0.2, 0.25) is 0 Å². The van der Waals surface area contributed by atoms with Gasteiger partial charge >= 0.3 is 0 Å². The van der Waals surface area contributed by atoms with Gasteiger partial charge in [-0.1, -0.05) is 0 Å². The van der Waals surface area contributed by atoms with Crippen LogP contribution in [-0.4, -0.2) is 57.4 Å². The summed E-state index contributed by atoms with van der Waals surface area (Å²) in [6.07, 6.45) is 2.72. The van der Waals surface area contributed by atoms with Gasteiger partial charge in [0.25, 0.3) is 0 Å². The van der Waals surface area contributed by atoms with E-state index in [0.29, 0.717) is 19.8 Å². The maximum atomic E-state index is 11.2. The van der Waals surface area contributed by atoms with E-state index in [2.05, 4.69) is 4.90 Å². The van der Waals surface area contributed by atoms with E-state index in [1.54, 1.807) is 7.11 Å². The van der Waals surface area contributed by atoms with Crippen molar-refractivity contribution in [1.82, 2.24) is 4.90 Å². The third-order valence-corrected chi connectivity index (χ3v) is 3.24. The zero-order chi connectivity index (χ0) is 14.0. The molecule has 0 aliphatic carbocycles. The molecular weight excluding hydrogens is 232 g/mol. The molecule has 0 aliphatic heterocycles. The minimum absolute atomic E-state index is 0.0166. The highest BCUT2D eigenvalue weighted by Gasteiger charge is 2.27. The number of hydrogen-bond acceptors (Lipinski definition) is 5. The minimum atomic E-state index is -0.144. The summed E-state index contributed by atoms with van der Waals surface area (Å²) in [4.78, 5) is 13.3. The normalized spacial score (nSPS) is 16.6. The van der Waals surface area contributed by atoms with Gasteiger partial charge in [-0.25, -0.2) is 0 Å². The number of rotatable bonds is 11. The molecule has 0 aromatic heterocycles. The van der Waals surface area contributed by atoms with Crippen molar-refractivity contribution in [2.24, 2.45) is 11.7 Å². The van der Waals surface area contributed by atoms with Crippen LogP contribution in [-0.2, 0) is 14.3 Å². The first-order valence-electron chi connectivity index (χ1n) is 6.60. The van der Waals surface area contributed by atoms with Crippen molar-refractivity contribution < 1.29 is 14.3 Å². The molecule has 0 heterocycles. The maximum Gasteiger partial charge on any atom is 0.126 e. The van der Waals surface area contributed by atoms with Gasteiger partial charge in [0.15, 0.2) is 0 Å². The van der Waals surface area contributed by atoms with E-state index in [1.165, 1.54) is 0 Å². The molecule has 0 aromatic rings. The van der Waals surface area contributed by atoms with Gasteiger partial charge in [-0.05, 0) is 40.3 Å². The van der Waals surface area contributed by atoms with Gasteiger partial charge in [-0.3, -0.25) is 4.90 Å². The highest BCUT2D eigenvalue weighted by molar-refractivity contribution is 5.55. The summed E-state index contributed by atoms with van der Waals surface area (Å²) in [6.45, 7) is 5.68. The van der Waals surface area contributed by atoms with E-state index in [4.69, 9.17) is 15.2 Å². The number of methoxy groups -OCH3 is 1. The zero-order valence-electron chi connectivity index (χ0n) is 12.1. The zero-order valence-corrected chi connectivity index (χ0v) is 12.1. The Morgan fingerprint density at radius 2 is 2.11 bits per heavy atom. The van der Waals surface area contributed by atoms with E-state index in [0.717, 1.165) is 19.1 Å². The Hall–Kier alpha value is -0.490. The molecule has 0 amide bonds. The van der Waals surface area contributed by atoms with Crippen LogP contribution in [0.2, 0.25) is 0 Å². The number of ether oxygens (including phenoxy) is 2. The first-order chi connectivity index (χ1) is 8.62. The second-order valence-corrected chi connectivity index (χ2v) is 4.47. The number of nitrogens with zero attached hydrogens (tertiary/aromatic N) is 1. The fourth-order valence-corrected chi connectivity index (χ4v) is 2.11. The van der Waals surface area contributed by atoms with Crippen LogP contribution in [0.25, 0.3) is 0 Å². The molecule has 0 fully saturated rings. The summed E-state index contributed by atoms with van der Waals surface area (Å²) in [7, 11) is 3.59. The van der Waals surface area contributed by atoms with Crippen LogP contribution < -0.4 is 5.73 Å². The molecule has 0 spiro atoms. The molecule has 108 valence electrons. The summed E-state index contributed by atoms with van der Waals surface area (Å²) in [5.41, 5.74) is 5.56. The summed E-state index contributed by atoms with van der Waals surface area (Å²) in [5, 5.41) is 0. The molecule has 5 heteroatoms. The van der Waals surface area contributed by atoms with Crippen LogP contribution in [0.4, 0.5) is 0 Å². The third kappa shape index (κ3) is 5.91. The standard InChI is InChI=1S/C13H28N2O3/c1-5-18-11(2)15(3)13(7-6-8-14)12(9-16)10-17-4/h9,11-13H,5-8,10,14H2,1-4H3. The van der Waals surface area contributed by atoms with Crippen molar-refractivity contribution >= 4 is 6.29 Å². The lowest BCUT2D eigenvalue weighted by Gasteiger charge is -2.35. The fraction of sp³-hybridized carbons (Fsp3) is 0.923. The molecule has 3 unspecified atom stereocenters. The van der Waals surface area contributed by atoms with E-state index in [-0.39, 0.29) is 18.2 Å². The van der Waals surface area contributed by atoms with E-state index >= 15 is 0 Å². The maximum absolute atomic E-state index is 11.2. The predicted octanol–water partition coefficient (Wildman–Crippen LogP) is 0.870. The molecule has 3 atom stereocenters. The molecule has 0 saturated carbocycles. The van der Waals surface area contributed by atoms with Crippen molar-refractivity contribution in [2.75, 3.05) is 33.9 Å². The summed E-state index contributed by atoms with van der Waals surface area (Å²) >= 11 is 0. The predicted molar refractivity (Wildman–Crippen MR) is 72.4 cm³/mol. The van der Waals surface area contributed by atoms with E-state index in [9.17, 15) is 4.79 Å². The Kier molecular flexibility index (Phi) is 10.2. The SMILES string of the molecule is CCOC(C)N(C)C(CCCN)C(C=O)COC. The van der Waals surface area contributed by atoms with Gasteiger partial charge in [-0.15, -0.1) is 0 Å². The average Bonchev–Trinajstić information content (AvgIpc) is 2.37. The van der Waals surface area contributed by atoms with Gasteiger partial charge < -0.3 is 20.0 Å². The van der Waals surface area contributed by atoms with Gasteiger partial charge in [0.05, 0.1) is 12.5 Å². The van der Waals surface area contributed by atoms with Crippen molar-refractivity contribution in [3.63, 3.8) is 0 Å². The molecule has 2 N–H and O–H groups in total. The van der Waals surface area contributed by atoms with Crippen LogP contribution in [0.5, 0.6) is 0 Å². The van der Waals surface area contributed by atoms with Crippen molar-refractivity contribution in [3.05, 3.63) is 0 Å². The lowest BCUT2D eigenvalue weighted by atomic mass is 9.96. The second-order valence-electron chi connectivity index (χ2n) is 4.47. The molecule has 5 nitrogen and oxygen atoms in total.